The van der Waals surface area contributed by atoms with Gasteiger partial charge in [0, 0.05) is 31.7 Å². The van der Waals surface area contributed by atoms with Gasteiger partial charge >= 0.3 is 5.97 Å². The molecule has 1 heterocycles. The third-order valence-electron chi connectivity index (χ3n) is 6.52. The van der Waals surface area contributed by atoms with Gasteiger partial charge in [-0.1, -0.05) is 70.4 Å². The number of nitrogens with one attached hydrogen (secondary N) is 1. The summed E-state index contributed by atoms with van der Waals surface area (Å²) in [7, 11) is 1.32. The van der Waals surface area contributed by atoms with E-state index < -0.39 is 12.0 Å². The van der Waals surface area contributed by atoms with E-state index in [9.17, 15) is 14.4 Å². The van der Waals surface area contributed by atoms with Crippen molar-refractivity contribution in [2.45, 2.75) is 91.2 Å². The fourth-order valence-corrected chi connectivity index (χ4v) is 5.07. The monoisotopic (exact) mass is 576 g/mol. The maximum atomic E-state index is 11.8. The largest absolute Gasteiger partial charge is 0.467 e. The van der Waals surface area contributed by atoms with E-state index in [0.717, 1.165) is 25.1 Å². The lowest BCUT2D eigenvalue weighted by atomic mass is 9.87. The number of thioether (sulfide) groups is 1. The lowest BCUT2D eigenvalue weighted by molar-refractivity contribution is -0.144. The average Bonchev–Trinajstić information content (AvgIpc) is 3.50. The molecule has 2 aliphatic rings. The molecule has 0 radical (unpaired) electrons. The number of methoxy groups -OCH3 is 1. The predicted octanol–water partition coefficient (Wildman–Crippen LogP) is 5.45. The van der Waals surface area contributed by atoms with Gasteiger partial charge in [-0.15, -0.1) is 12.8 Å². The molecule has 2 fully saturated rings. The Morgan fingerprint density at radius 1 is 1.05 bits per heavy atom. The molecule has 2 N–H and O–H groups in total. The van der Waals surface area contributed by atoms with Crippen molar-refractivity contribution in [1.29, 1.82) is 0 Å². The van der Waals surface area contributed by atoms with Crippen molar-refractivity contribution in [2.24, 2.45) is 11.3 Å². The van der Waals surface area contributed by atoms with Crippen molar-refractivity contribution in [2.75, 3.05) is 32.2 Å². The number of amides is 2. The second kappa shape index (κ2) is 22.2. The van der Waals surface area contributed by atoms with Crippen molar-refractivity contribution in [1.82, 2.24) is 10.2 Å². The Morgan fingerprint density at radius 2 is 1.62 bits per heavy atom. The molecule has 8 heteroatoms. The second-order valence-corrected chi connectivity index (χ2v) is 12.2. The highest BCUT2D eigenvalue weighted by atomic mass is 32.2. The number of carbonyl (C=O) groups excluding carboxylic acids is 3. The first kappa shape index (κ1) is 37.5. The lowest BCUT2D eigenvalue weighted by Gasteiger charge is -2.23. The van der Waals surface area contributed by atoms with E-state index in [-0.39, 0.29) is 17.9 Å². The van der Waals surface area contributed by atoms with E-state index in [1.165, 1.54) is 63.8 Å². The molecule has 1 aliphatic heterocycles. The Kier molecular flexibility index (Phi) is 20.8. The van der Waals surface area contributed by atoms with E-state index in [2.05, 4.69) is 27.8 Å². The number of esters is 1. The summed E-state index contributed by atoms with van der Waals surface area (Å²) in [6.07, 6.45) is 20.2. The van der Waals surface area contributed by atoms with Crippen molar-refractivity contribution < 1.29 is 24.2 Å². The van der Waals surface area contributed by atoms with Crippen LogP contribution < -0.4 is 5.32 Å². The summed E-state index contributed by atoms with van der Waals surface area (Å²) >= 11 is 1.50. The van der Waals surface area contributed by atoms with Crippen LogP contribution in [0.3, 0.4) is 0 Å². The van der Waals surface area contributed by atoms with E-state index in [0.29, 0.717) is 24.0 Å². The van der Waals surface area contributed by atoms with Gasteiger partial charge in [-0.2, -0.15) is 11.8 Å². The molecule has 0 bridgehead atoms. The van der Waals surface area contributed by atoms with Gasteiger partial charge in [-0.25, -0.2) is 4.79 Å². The first-order valence-electron chi connectivity index (χ1n) is 14.2. The number of hydrogen-bond acceptors (Lipinski definition) is 6. The zero-order chi connectivity index (χ0) is 30.4. The van der Waals surface area contributed by atoms with Crippen LogP contribution in [-0.2, 0) is 25.7 Å². The molecule has 1 saturated heterocycles. The van der Waals surface area contributed by atoms with Crippen molar-refractivity contribution >= 4 is 29.5 Å². The van der Waals surface area contributed by atoms with Gasteiger partial charge in [0.2, 0.25) is 11.8 Å². The van der Waals surface area contributed by atoms with Crippen LogP contribution in [0.4, 0.5) is 0 Å². The molecule has 1 atom stereocenters. The Bertz CT molecular complexity index is 842. The molecule has 0 spiro atoms. The number of nitrogens with zero attached hydrogens (tertiary/aromatic N) is 1. The fourth-order valence-electron chi connectivity index (χ4n) is 4.52. The summed E-state index contributed by atoms with van der Waals surface area (Å²) in [5.74, 6) is 1.16. The highest BCUT2D eigenvalue weighted by molar-refractivity contribution is 7.98. The van der Waals surface area contributed by atoms with Crippen LogP contribution in [-0.4, -0.2) is 66.0 Å². The summed E-state index contributed by atoms with van der Waals surface area (Å²) in [4.78, 5) is 36.9. The molecule has 7 nitrogen and oxygen atoms in total. The van der Waals surface area contributed by atoms with Crippen molar-refractivity contribution in [3.05, 3.63) is 35.9 Å². The van der Waals surface area contributed by atoms with Crippen molar-refractivity contribution in [3.63, 3.8) is 0 Å². The maximum absolute atomic E-state index is 11.8. The molecule has 1 saturated carbocycles. The number of ether oxygens (including phenoxy) is 1. The van der Waals surface area contributed by atoms with E-state index >= 15 is 0 Å². The highest BCUT2D eigenvalue weighted by Gasteiger charge is 2.24. The van der Waals surface area contributed by atoms with Crippen LogP contribution in [0.2, 0.25) is 0 Å². The van der Waals surface area contributed by atoms with Crippen LogP contribution in [0.25, 0.3) is 0 Å². The third-order valence-corrected chi connectivity index (χ3v) is 7.18. The Balaban J connectivity index is 0.000000577. The molecule has 0 aromatic heterocycles. The van der Waals surface area contributed by atoms with Gasteiger partial charge in [0.25, 0.3) is 0 Å². The summed E-state index contributed by atoms with van der Waals surface area (Å²) in [5, 5.41) is 11.2. The lowest BCUT2D eigenvalue weighted by Crippen LogP contribution is -2.44. The van der Waals surface area contributed by atoms with Gasteiger partial charge < -0.3 is 20.1 Å². The second-order valence-electron chi connectivity index (χ2n) is 11.3. The molecule has 3 rings (SSSR count). The minimum absolute atomic E-state index is 0.0793. The van der Waals surface area contributed by atoms with Crippen LogP contribution >= 0.6 is 11.8 Å². The van der Waals surface area contributed by atoms with Gasteiger partial charge in [0.05, 0.1) is 13.7 Å². The Hall–Kier alpha value is -2.50. The summed E-state index contributed by atoms with van der Waals surface area (Å²) in [5.41, 5.74) is 0.886. The molecule has 40 heavy (non-hydrogen) atoms. The molecule has 1 aliphatic carbocycles. The number of aliphatic hydroxyl groups excluding tert-OH is 1. The summed E-state index contributed by atoms with van der Waals surface area (Å²) in [6.45, 7) is 8.12. The van der Waals surface area contributed by atoms with Crippen LogP contribution in [0.15, 0.2) is 30.3 Å². The van der Waals surface area contributed by atoms with Gasteiger partial charge in [0.15, 0.2) is 0 Å². The number of rotatable bonds is 8. The average molecular weight is 577 g/mol. The molecule has 1 aromatic rings. The van der Waals surface area contributed by atoms with E-state index in [4.69, 9.17) is 5.11 Å². The molecular formula is C32H52N2O5S. The SMILES string of the molecule is C#C.COC(=O)C(CSC)NC(=O)CC(C)(C)C.O=C(CC1CCCCC1)N1CCCC1.OCc1ccccc1. The minimum Gasteiger partial charge on any atom is -0.467 e. The zero-order valence-corrected chi connectivity index (χ0v) is 26.1. The molecular weight excluding hydrogens is 524 g/mol. The van der Waals surface area contributed by atoms with Crippen LogP contribution in [0, 0.1) is 24.2 Å². The number of terminal acetylenes is 1. The molecule has 226 valence electrons. The van der Waals surface area contributed by atoms with E-state index in [1.54, 1.807) is 0 Å². The molecule has 1 aromatic carbocycles. The molecule has 1 unspecified atom stereocenters. The number of likely N-dealkylation sites (tertiary alicyclic amines) is 1. The van der Waals surface area contributed by atoms with Crippen LogP contribution in [0.1, 0.15) is 84.1 Å². The smallest absolute Gasteiger partial charge is 0.329 e. The number of aliphatic hydroxyl groups is 1. The first-order chi connectivity index (χ1) is 19.1. The normalized spacial score (nSPS) is 15.6. The van der Waals surface area contributed by atoms with E-state index in [1.807, 2.05) is 57.4 Å². The number of carbonyl (C=O) groups is 3. The Labute approximate surface area is 247 Å². The summed E-state index contributed by atoms with van der Waals surface area (Å²) in [6, 6.07) is 8.98. The topological polar surface area (TPSA) is 95.9 Å². The minimum atomic E-state index is -0.546. The third kappa shape index (κ3) is 18.0. The first-order valence-corrected chi connectivity index (χ1v) is 15.6. The Morgan fingerprint density at radius 3 is 2.08 bits per heavy atom. The quantitative estimate of drug-likeness (QED) is 0.316. The standard InChI is InChI=1S/C12H21NO.C11H21NO3S.C7H8O.C2H2/c14-12(13-8-4-5-9-13)10-11-6-2-1-3-7-11;1-11(2,3)6-9(13)12-8(7-16-5)10(14)15-4;8-6-7-4-2-1-3-5-7;1-2/h11H,1-10H2;8H,6-7H2,1-5H3,(H,12,13);1-5,8H,6H2;1-2H. The number of hydrogen-bond donors (Lipinski definition) is 2. The highest BCUT2D eigenvalue weighted by Crippen LogP contribution is 2.27. The fraction of sp³-hybridized carbons (Fsp3) is 0.656. The van der Waals surface area contributed by atoms with Gasteiger partial charge in [0.1, 0.15) is 6.04 Å². The van der Waals surface area contributed by atoms with Crippen LogP contribution in [0.5, 0.6) is 0 Å². The number of benzene rings is 1. The predicted molar refractivity (Wildman–Crippen MR) is 166 cm³/mol. The summed E-state index contributed by atoms with van der Waals surface area (Å²) < 4.78 is 4.63. The van der Waals surface area contributed by atoms with Crippen molar-refractivity contribution in [3.8, 4) is 12.8 Å². The zero-order valence-electron chi connectivity index (χ0n) is 25.3. The maximum Gasteiger partial charge on any atom is 0.329 e. The van der Waals surface area contributed by atoms with Gasteiger partial charge in [-0.05, 0) is 48.8 Å². The van der Waals surface area contributed by atoms with Gasteiger partial charge in [-0.3, -0.25) is 9.59 Å². The molecule has 2 amide bonds.